The summed E-state index contributed by atoms with van der Waals surface area (Å²) in [4.78, 5) is 40.9. The van der Waals surface area contributed by atoms with Crippen LogP contribution in [0.4, 0.5) is 4.79 Å². The number of carboxylic acid groups (broad SMARTS) is 1. The Kier molecular flexibility index (Phi) is 3.63. The molecule has 2 aliphatic rings. The van der Waals surface area contributed by atoms with Crippen LogP contribution < -0.4 is 0 Å². The summed E-state index contributed by atoms with van der Waals surface area (Å²) in [6, 6.07) is -0.244. The fourth-order valence-electron chi connectivity index (χ4n) is 3.02. The highest BCUT2D eigenvalue weighted by molar-refractivity contribution is 5.91. The van der Waals surface area contributed by atoms with Gasteiger partial charge in [-0.2, -0.15) is 0 Å². The summed E-state index contributed by atoms with van der Waals surface area (Å²) in [7, 11) is 1.73. The molecule has 1 unspecified atom stereocenters. The Balaban J connectivity index is 2.14. The van der Waals surface area contributed by atoms with Crippen molar-refractivity contribution in [3.63, 3.8) is 0 Å². The molecule has 2 heterocycles. The van der Waals surface area contributed by atoms with Crippen LogP contribution in [0.15, 0.2) is 0 Å². The number of amides is 3. The summed E-state index contributed by atoms with van der Waals surface area (Å²) in [6.07, 6.45) is 0.441. The maximum absolute atomic E-state index is 12.7. The van der Waals surface area contributed by atoms with Crippen molar-refractivity contribution in [3.8, 4) is 0 Å². The molecule has 21 heavy (non-hydrogen) atoms. The molecule has 0 aromatic heterocycles. The molecule has 2 saturated heterocycles. The van der Waals surface area contributed by atoms with Crippen molar-refractivity contribution in [1.82, 2.24) is 14.7 Å². The van der Waals surface area contributed by atoms with Crippen molar-refractivity contribution in [2.75, 3.05) is 33.2 Å². The largest absolute Gasteiger partial charge is 0.481 e. The molecule has 2 rings (SSSR count). The summed E-state index contributed by atoms with van der Waals surface area (Å²) in [6.45, 7) is 6.69. The number of piperazine rings is 1. The van der Waals surface area contributed by atoms with E-state index in [-0.39, 0.29) is 18.5 Å². The van der Waals surface area contributed by atoms with E-state index < -0.39 is 16.9 Å². The van der Waals surface area contributed by atoms with E-state index in [1.807, 2.05) is 0 Å². The van der Waals surface area contributed by atoms with Crippen molar-refractivity contribution in [2.45, 2.75) is 32.7 Å². The second-order valence-corrected chi connectivity index (χ2v) is 6.76. The second kappa shape index (κ2) is 4.89. The van der Waals surface area contributed by atoms with Gasteiger partial charge in [0.05, 0.1) is 5.41 Å². The summed E-state index contributed by atoms with van der Waals surface area (Å²) in [5, 5.41) is 9.25. The molecule has 2 aliphatic heterocycles. The van der Waals surface area contributed by atoms with Crippen LogP contribution in [-0.2, 0) is 9.59 Å². The predicted octanol–water partition coefficient (Wildman–Crippen LogP) is 0.456. The lowest BCUT2D eigenvalue weighted by atomic mass is 9.90. The normalized spacial score (nSPS) is 29.0. The Morgan fingerprint density at radius 3 is 2.29 bits per heavy atom. The minimum Gasteiger partial charge on any atom is -0.481 e. The SMILES string of the molecule is CN1CCN(C(=O)N2CCC(C)(C(=O)O)C2)C(C)(C)C1=O. The smallest absolute Gasteiger partial charge is 0.320 e. The average Bonchev–Trinajstić information content (AvgIpc) is 2.80. The maximum Gasteiger partial charge on any atom is 0.320 e. The molecule has 0 radical (unpaired) electrons. The minimum atomic E-state index is -0.897. The number of hydrogen-bond acceptors (Lipinski definition) is 3. The number of nitrogens with zero attached hydrogens (tertiary/aromatic N) is 3. The summed E-state index contributed by atoms with van der Waals surface area (Å²) in [5.74, 6) is -0.978. The van der Waals surface area contributed by atoms with Crippen LogP contribution >= 0.6 is 0 Å². The van der Waals surface area contributed by atoms with Crippen LogP contribution in [0.1, 0.15) is 27.2 Å². The molecule has 1 N–H and O–H groups in total. The van der Waals surface area contributed by atoms with Gasteiger partial charge in [-0.25, -0.2) is 4.79 Å². The van der Waals surface area contributed by atoms with Gasteiger partial charge in [0.15, 0.2) is 0 Å². The molecule has 7 nitrogen and oxygen atoms in total. The number of urea groups is 1. The molecule has 0 aliphatic carbocycles. The number of rotatable bonds is 1. The van der Waals surface area contributed by atoms with Crippen molar-refractivity contribution in [2.24, 2.45) is 5.41 Å². The highest BCUT2D eigenvalue weighted by Gasteiger charge is 2.48. The fourth-order valence-corrected chi connectivity index (χ4v) is 3.02. The summed E-state index contributed by atoms with van der Waals surface area (Å²) in [5.41, 5.74) is -1.79. The molecule has 1 atom stereocenters. The second-order valence-electron chi connectivity index (χ2n) is 6.76. The Bertz CT molecular complexity index is 491. The third-order valence-electron chi connectivity index (χ3n) is 4.69. The lowest BCUT2D eigenvalue weighted by Gasteiger charge is -2.45. The molecule has 0 bridgehead atoms. The van der Waals surface area contributed by atoms with E-state index in [4.69, 9.17) is 0 Å². The molecule has 0 spiro atoms. The van der Waals surface area contributed by atoms with E-state index in [1.165, 1.54) is 0 Å². The van der Waals surface area contributed by atoms with Gasteiger partial charge in [0, 0.05) is 33.2 Å². The molecule has 0 saturated carbocycles. The standard InChI is InChI=1S/C14H23N3O4/c1-13(2)10(18)15(4)7-8-17(13)12(21)16-6-5-14(3,9-16)11(19)20/h5-9H2,1-4H3,(H,19,20). The zero-order valence-electron chi connectivity index (χ0n) is 13.0. The number of likely N-dealkylation sites (N-methyl/N-ethyl adjacent to an activating group) is 1. The van der Waals surface area contributed by atoms with Gasteiger partial charge in [0.2, 0.25) is 5.91 Å². The van der Waals surface area contributed by atoms with Gasteiger partial charge in [0.25, 0.3) is 0 Å². The molecule has 2 fully saturated rings. The van der Waals surface area contributed by atoms with E-state index in [0.29, 0.717) is 26.1 Å². The first-order valence-electron chi connectivity index (χ1n) is 7.15. The van der Waals surface area contributed by atoms with Crippen molar-refractivity contribution < 1.29 is 19.5 Å². The highest BCUT2D eigenvalue weighted by Crippen LogP contribution is 2.32. The van der Waals surface area contributed by atoms with E-state index in [9.17, 15) is 19.5 Å². The van der Waals surface area contributed by atoms with Gasteiger partial charge >= 0.3 is 12.0 Å². The Morgan fingerprint density at radius 2 is 1.76 bits per heavy atom. The Labute approximate surface area is 124 Å². The number of aliphatic carboxylic acids is 1. The van der Waals surface area contributed by atoms with Crippen LogP contribution in [0.3, 0.4) is 0 Å². The lowest BCUT2D eigenvalue weighted by molar-refractivity contribution is -0.147. The molecule has 0 aromatic carbocycles. The minimum absolute atomic E-state index is 0.0951. The first-order valence-corrected chi connectivity index (χ1v) is 7.15. The van der Waals surface area contributed by atoms with Crippen molar-refractivity contribution in [1.29, 1.82) is 0 Å². The van der Waals surface area contributed by atoms with Crippen molar-refractivity contribution >= 4 is 17.9 Å². The van der Waals surface area contributed by atoms with Crippen LogP contribution in [0.2, 0.25) is 0 Å². The summed E-state index contributed by atoms with van der Waals surface area (Å²) < 4.78 is 0. The summed E-state index contributed by atoms with van der Waals surface area (Å²) >= 11 is 0. The highest BCUT2D eigenvalue weighted by atomic mass is 16.4. The maximum atomic E-state index is 12.7. The molecule has 7 heteroatoms. The molecule has 118 valence electrons. The molecular weight excluding hydrogens is 274 g/mol. The average molecular weight is 297 g/mol. The van der Waals surface area contributed by atoms with E-state index in [0.717, 1.165) is 0 Å². The van der Waals surface area contributed by atoms with Gasteiger partial charge in [-0.3, -0.25) is 9.59 Å². The first-order chi connectivity index (χ1) is 9.59. The van der Waals surface area contributed by atoms with Crippen molar-refractivity contribution in [3.05, 3.63) is 0 Å². The van der Waals surface area contributed by atoms with Crippen LogP contribution in [-0.4, -0.2) is 76.5 Å². The zero-order chi connectivity index (χ0) is 16.0. The number of likely N-dealkylation sites (tertiary alicyclic amines) is 1. The first kappa shape index (κ1) is 15.6. The molecule has 3 amide bonds. The van der Waals surface area contributed by atoms with Crippen LogP contribution in [0, 0.1) is 5.41 Å². The number of carboxylic acids is 1. The van der Waals surface area contributed by atoms with Crippen LogP contribution in [0.5, 0.6) is 0 Å². The quantitative estimate of drug-likeness (QED) is 0.762. The molecular formula is C14H23N3O4. The topological polar surface area (TPSA) is 81.2 Å². The Morgan fingerprint density at radius 1 is 1.14 bits per heavy atom. The lowest BCUT2D eigenvalue weighted by Crippen LogP contribution is -2.65. The predicted molar refractivity (Wildman–Crippen MR) is 75.8 cm³/mol. The van der Waals surface area contributed by atoms with E-state index >= 15 is 0 Å². The van der Waals surface area contributed by atoms with Gasteiger partial charge in [0.1, 0.15) is 5.54 Å². The van der Waals surface area contributed by atoms with Gasteiger partial charge in [-0.05, 0) is 27.2 Å². The van der Waals surface area contributed by atoms with Crippen LogP contribution in [0.25, 0.3) is 0 Å². The van der Waals surface area contributed by atoms with E-state index in [2.05, 4.69) is 0 Å². The van der Waals surface area contributed by atoms with Gasteiger partial charge in [-0.15, -0.1) is 0 Å². The number of hydrogen-bond donors (Lipinski definition) is 1. The zero-order valence-corrected chi connectivity index (χ0v) is 13.0. The Hall–Kier alpha value is -1.79. The third kappa shape index (κ3) is 2.45. The third-order valence-corrected chi connectivity index (χ3v) is 4.69. The monoisotopic (exact) mass is 297 g/mol. The fraction of sp³-hybridized carbons (Fsp3) is 0.786. The number of carbonyl (C=O) groups is 3. The number of carbonyl (C=O) groups excluding carboxylic acids is 2. The van der Waals surface area contributed by atoms with Gasteiger partial charge < -0.3 is 19.8 Å². The van der Waals surface area contributed by atoms with Gasteiger partial charge in [-0.1, -0.05) is 0 Å². The van der Waals surface area contributed by atoms with E-state index in [1.54, 1.807) is 42.5 Å². The molecule has 0 aromatic rings.